The molecule has 4 heteroatoms. The second-order valence-corrected chi connectivity index (χ2v) is 5.77. The Morgan fingerprint density at radius 1 is 1.42 bits per heavy atom. The van der Waals surface area contributed by atoms with Gasteiger partial charge in [0.1, 0.15) is 0 Å². The Morgan fingerprint density at radius 3 is 2.95 bits per heavy atom. The molecule has 1 fully saturated rings. The van der Waals surface area contributed by atoms with Gasteiger partial charge in [-0.1, -0.05) is 19.9 Å². The van der Waals surface area contributed by atoms with Crippen molar-refractivity contribution in [2.75, 3.05) is 31.1 Å². The summed E-state index contributed by atoms with van der Waals surface area (Å²) in [5.74, 6) is 0. The Hall–Kier alpha value is -0.580. The van der Waals surface area contributed by atoms with E-state index in [-0.39, 0.29) is 0 Å². The highest BCUT2D eigenvalue weighted by Crippen LogP contribution is 2.29. The normalized spacial score (nSPS) is 19.7. The van der Waals surface area contributed by atoms with Crippen molar-refractivity contribution in [3.8, 4) is 0 Å². The molecule has 1 unspecified atom stereocenters. The maximum atomic E-state index is 5.73. The van der Waals surface area contributed by atoms with Gasteiger partial charge in [-0.15, -0.1) is 0 Å². The SMILES string of the molecule is CCNCc1ccc(N2CCOC(CC)C2)c(Br)c1. The van der Waals surface area contributed by atoms with Crippen LogP contribution in [0.1, 0.15) is 25.8 Å². The van der Waals surface area contributed by atoms with Crippen molar-refractivity contribution in [2.45, 2.75) is 32.9 Å². The van der Waals surface area contributed by atoms with E-state index >= 15 is 0 Å². The number of anilines is 1. The maximum Gasteiger partial charge on any atom is 0.0748 e. The number of nitrogens with one attached hydrogen (secondary N) is 1. The Kier molecular flexibility index (Phi) is 5.67. The van der Waals surface area contributed by atoms with Crippen LogP contribution in [0.25, 0.3) is 0 Å². The van der Waals surface area contributed by atoms with Crippen LogP contribution < -0.4 is 10.2 Å². The quantitative estimate of drug-likeness (QED) is 0.899. The lowest BCUT2D eigenvalue weighted by molar-refractivity contribution is 0.0384. The minimum absolute atomic E-state index is 0.363. The van der Waals surface area contributed by atoms with Crippen LogP contribution in [-0.2, 0) is 11.3 Å². The molecule has 3 nitrogen and oxygen atoms in total. The molecule has 1 aliphatic heterocycles. The summed E-state index contributed by atoms with van der Waals surface area (Å²) in [5.41, 5.74) is 2.60. The summed E-state index contributed by atoms with van der Waals surface area (Å²) >= 11 is 3.71. The van der Waals surface area contributed by atoms with Gasteiger partial charge in [0.25, 0.3) is 0 Å². The third kappa shape index (κ3) is 3.94. The zero-order valence-corrected chi connectivity index (χ0v) is 13.4. The Labute approximate surface area is 124 Å². The molecule has 1 aliphatic rings. The molecule has 0 spiro atoms. The van der Waals surface area contributed by atoms with Crippen LogP contribution in [0.5, 0.6) is 0 Å². The molecule has 0 aromatic heterocycles. The molecule has 0 amide bonds. The highest BCUT2D eigenvalue weighted by molar-refractivity contribution is 9.10. The summed E-state index contributed by atoms with van der Waals surface area (Å²) in [4.78, 5) is 2.42. The summed E-state index contributed by atoms with van der Waals surface area (Å²) in [6.45, 7) is 9.02. The van der Waals surface area contributed by atoms with Crippen molar-refractivity contribution in [1.82, 2.24) is 5.32 Å². The van der Waals surface area contributed by atoms with Crippen molar-refractivity contribution in [1.29, 1.82) is 0 Å². The van der Waals surface area contributed by atoms with E-state index in [0.29, 0.717) is 6.10 Å². The highest BCUT2D eigenvalue weighted by atomic mass is 79.9. The fourth-order valence-electron chi connectivity index (χ4n) is 2.37. The largest absolute Gasteiger partial charge is 0.375 e. The second kappa shape index (κ2) is 7.27. The van der Waals surface area contributed by atoms with E-state index in [1.165, 1.54) is 15.7 Å². The lowest BCUT2D eigenvalue weighted by Gasteiger charge is -2.34. The number of hydrogen-bond acceptors (Lipinski definition) is 3. The molecule has 2 rings (SSSR count). The summed E-state index contributed by atoms with van der Waals surface area (Å²) < 4.78 is 6.91. The first kappa shape index (κ1) is 14.8. The van der Waals surface area contributed by atoms with Crippen LogP contribution >= 0.6 is 15.9 Å². The summed E-state index contributed by atoms with van der Waals surface area (Å²) in [5, 5.41) is 3.35. The van der Waals surface area contributed by atoms with Crippen molar-refractivity contribution in [3.05, 3.63) is 28.2 Å². The molecule has 0 radical (unpaired) electrons. The minimum Gasteiger partial charge on any atom is -0.375 e. The molecule has 0 saturated carbocycles. The molecule has 106 valence electrons. The smallest absolute Gasteiger partial charge is 0.0748 e. The monoisotopic (exact) mass is 326 g/mol. The maximum absolute atomic E-state index is 5.73. The number of benzene rings is 1. The lowest BCUT2D eigenvalue weighted by atomic mass is 10.1. The van der Waals surface area contributed by atoms with E-state index < -0.39 is 0 Å². The predicted octanol–water partition coefficient (Wildman–Crippen LogP) is 3.17. The Bertz CT molecular complexity index is 411. The van der Waals surface area contributed by atoms with E-state index in [1.54, 1.807) is 0 Å². The van der Waals surface area contributed by atoms with Crippen LogP contribution in [-0.4, -0.2) is 32.3 Å². The van der Waals surface area contributed by atoms with Crippen molar-refractivity contribution in [2.24, 2.45) is 0 Å². The summed E-state index contributed by atoms with van der Waals surface area (Å²) in [7, 11) is 0. The third-order valence-electron chi connectivity index (χ3n) is 3.53. The van der Waals surface area contributed by atoms with E-state index in [4.69, 9.17) is 4.74 Å². The molecular formula is C15H23BrN2O. The van der Waals surface area contributed by atoms with Gasteiger partial charge in [0.15, 0.2) is 0 Å². The fraction of sp³-hybridized carbons (Fsp3) is 0.600. The van der Waals surface area contributed by atoms with Gasteiger partial charge in [-0.2, -0.15) is 0 Å². The third-order valence-corrected chi connectivity index (χ3v) is 4.16. The molecule has 0 aliphatic carbocycles. The van der Waals surface area contributed by atoms with Crippen LogP contribution in [0, 0.1) is 0 Å². The van der Waals surface area contributed by atoms with Gasteiger partial charge in [-0.3, -0.25) is 0 Å². The average molecular weight is 327 g/mol. The molecular weight excluding hydrogens is 304 g/mol. The summed E-state index contributed by atoms with van der Waals surface area (Å²) in [6, 6.07) is 6.64. The lowest BCUT2D eigenvalue weighted by Crippen LogP contribution is -2.42. The first-order valence-corrected chi connectivity index (χ1v) is 7.89. The van der Waals surface area contributed by atoms with E-state index in [9.17, 15) is 0 Å². The minimum atomic E-state index is 0.363. The molecule has 1 heterocycles. The van der Waals surface area contributed by atoms with Gasteiger partial charge in [0.2, 0.25) is 0 Å². The highest BCUT2D eigenvalue weighted by Gasteiger charge is 2.20. The van der Waals surface area contributed by atoms with E-state index in [0.717, 1.165) is 39.2 Å². The molecule has 1 N–H and O–H groups in total. The first-order valence-electron chi connectivity index (χ1n) is 7.10. The number of ether oxygens (including phenoxy) is 1. The van der Waals surface area contributed by atoms with Gasteiger partial charge in [0.05, 0.1) is 18.4 Å². The molecule has 1 saturated heterocycles. The number of morpholine rings is 1. The summed E-state index contributed by atoms with van der Waals surface area (Å²) in [6.07, 6.45) is 1.44. The van der Waals surface area contributed by atoms with Crippen LogP contribution in [0.4, 0.5) is 5.69 Å². The predicted molar refractivity (Wildman–Crippen MR) is 83.8 cm³/mol. The van der Waals surface area contributed by atoms with Gasteiger partial charge < -0.3 is 15.0 Å². The van der Waals surface area contributed by atoms with E-state index in [2.05, 4.69) is 58.2 Å². The van der Waals surface area contributed by atoms with Crippen LogP contribution in [0.3, 0.4) is 0 Å². The molecule has 0 bridgehead atoms. The van der Waals surface area contributed by atoms with Gasteiger partial charge >= 0.3 is 0 Å². The Morgan fingerprint density at radius 2 is 2.26 bits per heavy atom. The van der Waals surface area contributed by atoms with Gasteiger partial charge in [-0.25, -0.2) is 0 Å². The zero-order valence-electron chi connectivity index (χ0n) is 11.8. The van der Waals surface area contributed by atoms with Crippen LogP contribution in [0.15, 0.2) is 22.7 Å². The molecule has 1 aromatic carbocycles. The fourth-order valence-corrected chi connectivity index (χ4v) is 3.05. The van der Waals surface area contributed by atoms with Crippen LogP contribution in [0.2, 0.25) is 0 Å². The van der Waals surface area contributed by atoms with Gasteiger partial charge in [-0.05, 0) is 46.6 Å². The number of hydrogen-bond donors (Lipinski definition) is 1. The molecule has 19 heavy (non-hydrogen) atoms. The van der Waals surface area contributed by atoms with E-state index in [1.807, 2.05) is 0 Å². The molecule has 1 atom stereocenters. The molecule has 1 aromatic rings. The number of nitrogens with zero attached hydrogens (tertiary/aromatic N) is 1. The topological polar surface area (TPSA) is 24.5 Å². The average Bonchev–Trinajstić information content (AvgIpc) is 2.45. The zero-order chi connectivity index (χ0) is 13.7. The van der Waals surface area contributed by atoms with Gasteiger partial charge in [0, 0.05) is 24.1 Å². The second-order valence-electron chi connectivity index (χ2n) is 4.91. The van der Waals surface area contributed by atoms with Crippen molar-refractivity contribution in [3.63, 3.8) is 0 Å². The van der Waals surface area contributed by atoms with Crippen molar-refractivity contribution >= 4 is 21.6 Å². The Balaban J connectivity index is 2.07. The number of rotatable bonds is 5. The first-order chi connectivity index (χ1) is 9.24. The standard InChI is InChI=1S/C15H23BrN2O/c1-3-13-11-18(7-8-19-13)15-6-5-12(9-14(15)16)10-17-4-2/h5-6,9,13,17H,3-4,7-8,10-11H2,1-2H3. The number of halogens is 1. The van der Waals surface area contributed by atoms with Crippen molar-refractivity contribution < 1.29 is 4.74 Å².